The monoisotopic (exact) mass is 416 g/mol. The van der Waals surface area contributed by atoms with Crippen LogP contribution in [0.15, 0.2) is 53.4 Å². The minimum absolute atomic E-state index is 0.0413. The second-order valence-electron chi connectivity index (χ2n) is 8.21. The standard InChI is InChI=1S/C22H25FN2O3S/c1-14(20-13-15-6-7-16(20)12-15)24-22(26)19-4-2-3-5-21(19)25-29(27,28)18-10-8-17(23)9-11-18/h2-5,8-11,14-16,20,25H,6-7,12-13H2,1H3,(H,24,26)/t14-,15-,16-,20-/m1/s1. The van der Waals surface area contributed by atoms with Crippen LogP contribution in [0.25, 0.3) is 0 Å². The summed E-state index contributed by atoms with van der Waals surface area (Å²) < 4.78 is 40.9. The maximum absolute atomic E-state index is 13.1. The molecule has 2 bridgehead atoms. The molecule has 2 aliphatic carbocycles. The summed E-state index contributed by atoms with van der Waals surface area (Å²) in [4.78, 5) is 12.8. The van der Waals surface area contributed by atoms with Crippen molar-refractivity contribution in [3.05, 3.63) is 59.9 Å². The first-order chi connectivity index (χ1) is 13.8. The van der Waals surface area contributed by atoms with Gasteiger partial charge in [0.05, 0.1) is 16.1 Å². The van der Waals surface area contributed by atoms with E-state index in [0.717, 1.165) is 24.5 Å². The molecule has 2 fully saturated rings. The number of benzene rings is 2. The molecule has 0 radical (unpaired) electrons. The molecule has 4 rings (SSSR count). The Hall–Kier alpha value is -2.41. The van der Waals surface area contributed by atoms with E-state index in [0.29, 0.717) is 11.8 Å². The molecule has 154 valence electrons. The highest BCUT2D eigenvalue weighted by molar-refractivity contribution is 7.92. The maximum atomic E-state index is 13.1. The maximum Gasteiger partial charge on any atom is 0.261 e. The van der Waals surface area contributed by atoms with E-state index >= 15 is 0 Å². The van der Waals surface area contributed by atoms with Crippen LogP contribution in [0.5, 0.6) is 0 Å². The zero-order valence-electron chi connectivity index (χ0n) is 16.3. The normalized spacial score (nSPS) is 24.3. The van der Waals surface area contributed by atoms with Crippen molar-refractivity contribution in [3.8, 4) is 0 Å². The molecule has 2 N–H and O–H groups in total. The fourth-order valence-corrected chi connectivity index (χ4v) is 5.97. The molecule has 2 aromatic carbocycles. The highest BCUT2D eigenvalue weighted by atomic mass is 32.2. The van der Waals surface area contributed by atoms with Crippen LogP contribution in [-0.4, -0.2) is 20.4 Å². The summed E-state index contributed by atoms with van der Waals surface area (Å²) in [6, 6.07) is 11.1. The van der Waals surface area contributed by atoms with Gasteiger partial charge < -0.3 is 5.32 Å². The quantitative estimate of drug-likeness (QED) is 0.742. The zero-order chi connectivity index (χ0) is 20.6. The number of fused-ring (bicyclic) bond motifs is 2. The van der Waals surface area contributed by atoms with Crippen LogP contribution in [0.1, 0.15) is 43.0 Å². The predicted molar refractivity (Wildman–Crippen MR) is 110 cm³/mol. The summed E-state index contributed by atoms with van der Waals surface area (Å²) in [5, 5.41) is 3.07. The van der Waals surface area contributed by atoms with Crippen molar-refractivity contribution in [2.45, 2.75) is 43.5 Å². The van der Waals surface area contributed by atoms with Crippen molar-refractivity contribution in [1.29, 1.82) is 0 Å². The summed E-state index contributed by atoms with van der Waals surface area (Å²) in [7, 11) is -3.93. The van der Waals surface area contributed by atoms with Gasteiger partial charge in [0.1, 0.15) is 5.82 Å². The summed E-state index contributed by atoms with van der Waals surface area (Å²) in [5.74, 6) is 1.15. The van der Waals surface area contributed by atoms with Crippen molar-refractivity contribution < 1.29 is 17.6 Å². The van der Waals surface area contributed by atoms with Gasteiger partial charge in [-0.2, -0.15) is 0 Å². The molecular formula is C22H25FN2O3S. The van der Waals surface area contributed by atoms with Crippen molar-refractivity contribution in [2.24, 2.45) is 17.8 Å². The number of sulfonamides is 1. The number of halogens is 1. The van der Waals surface area contributed by atoms with E-state index in [1.807, 2.05) is 6.92 Å². The van der Waals surface area contributed by atoms with Crippen molar-refractivity contribution in [2.75, 3.05) is 4.72 Å². The van der Waals surface area contributed by atoms with Crippen LogP contribution in [0.2, 0.25) is 0 Å². The topological polar surface area (TPSA) is 75.3 Å². The van der Waals surface area contributed by atoms with Gasteiger partial charge in [0.15, 0.2) is 0 Å². The SMILES string of the molecule is C[C@@H](NC(=O)c1ccccc1NS(=O)(=O)c1ccc(F)cc1)[C@H]1C[C@@H]2CC[C@@H]1C2. The number of para-hydroxylation sites is 1. The predicted octanol–water partition coefficient (Wildman–Crippen LogP) is 4.18. The number of rotatable bonds is 6. The van der Waals surface area contributed by atoms with Crippen molar-refractivity contribution in [1.82, 2.24) is 5.32 Å². The molecule has 5 nitrogen and oxygen atoms in total. The van der Waals surface area contributed by atoms with Crippen LogP contribution in [0, 0.1) is 23.6 Å². The lowest BCUT2D eigenvalue weighted by Crippen LogP contribution is -2.40. The number of carbonyl (C=O) groups is 1. The van der Waals surface area contributed by atoms with Gasteiger partial charge in [-0.15, -0.1) is 0 Å². The summed E-state index contributed by atoms with van der Waals surface area (Å²) in [5.41, 5.74) is 0.475. The van der Waals surface area contributed by atoms with E-state index in [1.165, 1.54) is 31.4 Å². The van der Waals surface area contributed by atoms with E-state index in [9.17, 15) is 17.6 Å². The van der Waals surface area contributed by atoms with Crippen LogP contribution in [-0.2, 0) is 10.0 Å². The highest BCUT2D eigenvalue weighted by Crippen LogP contribution is 2.49. The van der Waals surface area contributed by atoms with Crippen molar-refractivity contribution in [3.63, 3.8) is 0 Å². The molecule has 0 heterocycles. The van der Waals surface area contributed by atoms with Gasteiger partial charge in [-0.25, -0.2) is 12.8 Å². The van der Waals surface area contributed by atoms with Crippen LogP contribution in [0.3, 0.4) is 0 Å². The van der Waals surface area contributed by atoms with Crippen LogP contribution in [0.4, 0.5) is 10.1 Å². The largest absolute Gasteiger partial charge is 0.349 e. The minimum atomic E-state index is -3.93. The highest BCUT2D eigenvalue weighted by Gasteiger charge is 2.42. The van der Waals surface area contributed by atoms with Gasteiger partial charge in [-0.1, -0.05) is 18.6 Å². The Morgan fingerprint density at radius 1 is 1.07 bits per heavy atom. The van der Waals surface area contributed by atoms with Gasteiger partial charge in [-0.05, 0) is 80.3 Å². The first-order valence-electron chi connectivity index (χ1n) is 10.0. The Labute approximate surface area is 170 Å². The van der Waals surface area contributed by atoms with E-state index in [1.54, 1.807) is 24.3 Å². The Bertz CT molecular complexity index is 1010. The second kappa shape index (κ2) is 7.78. The van der Waals surface area contributed by atoms with Gasteiger partial charge in [-0.3, -0.25) is 9.52 Å². The molecule has 2 aliphatic rings. The van der Waals surface area contributed by atoms with E-state index in [4.69, 9.17) is 0 Å². The van der Waals surface area contributed by atoms with E-state index in [-0.39, 0.29) is 28.1 Å². The number of anilines is 1. The average Bonchev–Trinajstić information content (AvgIpc) is 3.32. The molecule has 2 saturated carbocycles. The molecule has 1 amide bonds. The fraction of sp³-hybridized carbons (Fsp3) is 0.409. The Morgan fingerprint density at radius 2 is 1.79 bits per heavy atom. The fourth-order valence-electron chi connectivity index (χ4n) is 4.89. The van der Waals surface area contributed by atoms with Crippen LogP contribution < -0.4 is 10.0 Å². The lowest BCUT2D eigenvalue weighted by atomic mass is 9.84. The lowest BCUT2D eigenvalue weighted by Gasteiger charge is -2.28. The Balaban J connectivity index is 1.50. The third-order valence-corrected chi connectivity index (χ3v) is 7.72. The minimum Gasteiger partial charge on any atom is -0.349 e. The van der Waals surface area contributed by atoms with Gasteiger partial charge in [0.25, 0.3) is 15.9 Å². The van der Waals surface area contributed by atoms with Gasteiger partial charge in [0, 0.05) is 6.04 Å². The molecule has 0 aliphatic heterocycles. The summed E-state index contributed by atoms with van der Waals surface area (Å²) in [6.07, 6.45) is 4.96. The molecule has 7 heteroatoms. The first-order valence-corrected chi connectivity index (χ1v) is 11.5. The Kier molecular flexibility index (Phi) is 5.34. The first kappa shape index (κ1) is 19.9. The van der Waals surface area contributed by atoms with Crippen molar-refractivity contribution >= 4 is 21.6 Å². The molecular weight excluding hydrogens is 391 g/mol. The third-order valence-electron chi connectivity index (χ3n) is 6.33. The molecule has 29 heavy (non-hydrogen) atoms. The van der Waals surface area contributed by atoms with Gasteiger partial charge >= 0.3 is 0 Å². The Morgan fingerprint density at radius 3 is 2.45 bits per heavy atom. The molecule has 4 atom stereocenters. The number of nitrogens with one attached hydrogen (secondary N) is 2. The number of hydrogen-bond donors (Lipinski definition) is 2. The zero-order valence-corrected chi connectivity index (χ0v) is 17.1. The summed E-state index contributed by atoms with van der Waals surface area (Å²) >= 11 is 0. The summed E-state index contributed by atoms with van der Waals surface area (Å²) in [6.45, 7) is 2.04. The lowest BCUT2D eigenvalue weighted by molar-refractivity contribution is 0.0916. The molecule has 0 unspecified atom stereocenters. The third kappa shape index (κ3) is 4.15. The van der Waals surface area contributed by atoms with Crippen LogP contribution >= 0.6 is 0 Å². The molecule has 0 saturated heterocycles. The molecule has 0 spiro atoms. The number of hydrogen-bond acceptors (Lipinski definition) is 3. The molecule has 0 aromatic heterocycles. The molecule has 2 aromatic rings. The van der Waals surface area contributed by atoms with E-state index < -0.39 is 15.8 Å². The number of amides is 1. The van der Waals surface area contributed by atoms with Gasteiger partial charge in [0.2, 0.25) is 0 Å². The average molecular weight is 417 g/mol. The second-order valence-corrected chi connectivity index (χ2v) is 9.89. The van der Waals surface area contributed by atoms with E-state index in [2.05, 4.69) is 10.0 Å². The smallest absolute Gasteiger partial charge is 0.261 e. The number of carbonyl (C=O) groups excluding carboxylic acids is 1.